The Kier molecular flexibility index (Phi) is 6.66. The minimum atomic E-state index is -0.504. The predicted molar refractivity (Wildman–Crippen MR) is 103 cm³/mol. The van der Waals surface area contributed by atoms with Crippen molar-refractivity contribution in [1.82, 2.24) is 14.9 Å². The van der Waals surface area contributed by atoms with Gasteiger partial charge in [0.15, 0.2) is 11.6 Å². The summed E-state index contributed by atoms with van der Waals surface area (Å²) in [5.74, 6) is 0.0795. The molecule has 1 aromatic carbocycles. The zero-order valence-electron chi connectivity index (χ0n) is 15.6. The van der Waals surface area contributed by atoms with Crippen molar-refractivity contribution in [3.63, 3.8) is 0 Å². The second-order valence-corrected chi connectivity index (χ2v) is 7.52. The fraction of sp³-hybridized carbons (Fsp3) is 0.421. The SMILES string of the molecule is CC(C)OC(=O)N1CCC(Oc2cc(Oc3ccc(Br)cc3F)ncn2)CC1. The molecule has 0 unspecified atom stereocenters. The van der Waals surface area contributed by atoms with E-state index < -0.39 is 5.82 Å². The van der Waals surface area contributed by atoms with E-state index in [1.165, 1.54) is 24.5 Å². The largest absolute Gasteiger partial charge is 0.474 e. The van der Waals surface area contributed by atoms with Crippen LogP contribution in [0.4, 0.5) is 9.18 Å². The number of carbonyl (C=O) groups excluding carboxylic acids is 1. The molecule has 9 heteroatoms. The van der Waals surface area contributed by atoms with Gasteiger partial charge in [-0.2, -0.15) is 0 Å². The lowest BCUT2D eigenvalue weighted by Gasteiger charge is -2.31. The van der Waals surface area contributed by atoms with Crippen LogP contribution < -0.4 is 9.47 Å². The van der Waals surface area contributed by atoms with E-state index in [4.69, 9.17) is 14.2 Å². The van der Waals surface area contributed by atoms with E-state index in [2.05, 4.69) is 25.9 Å². The van der Waals surface area contributed by atoms with Crippen molar-refractivity contribution in [2.75, 3.05) is 13.1 Å². The molecule has 1 aliphatic heterocycles. The Labute approximate surface area is 171 Å². The number of ether oxygens (including phenoxy) is 3. The van der Waals surface area contributed by atoms with Crippen molar-refractivity contribution >= 4 is 22.0 Å². The van der Waals surface area contributed by atoms with Gasteiger partial charge in [-0.25, -0.2) is 19.2 Å². The highest BCUT2D eigenvalue weighted by Gasteiger charge is 2.25. The first-order chi connectivity index (χ1) is 13.4. The molecule has 1 amide bonds. The van der Waals surface area contributed by atoms with Crippen LogP contribution in [-0.2, 0) is 4.74 Å². The molecule has 1 fully saturated rings. The molecule has 0 bridgehead atoms. The summed E-state index contributed by atoms with van der Waals surface area (Å²) in [6.45, 7) is 4.74. The molecule has 1 aliphatic rings. The van der Waals surface area contributed by atoms with Gasteiger partial charge in [-0.15, -0.1) is 0 Å². The molecule has 0 aliphatic carbocycles. The maximum Gasteiger partial charge on any atom is 0.410 e. The first-order valence-corrected chi connectivity index (χ1v) is 9.77. The lowest BCUT2D eigenvalue weighted by molar-refractivity contribution is 0.0507. The minimum Gasteiger partial charge on any atom is -0.474 e. The molecule has 0 radical (unpaired) electrons. The molecule has 0 atom stereocenters. The van der Waals surface area contributed by atoms with Crippen LogP contribution in [0.15, 0.2) is 35.1 Å². The van der Waals surface area contributed by atoms with E-state index in [0.29, 0.717) is 36.3 Å². The van der Waals surface area contributed by atoms with Crippen LogP contribution in [-0.4, -0.2) is 46.3 Å². The summed E-state index contributed by atoms with van der Waals surface area (Å²) >= 11 is 3.20. The van der Waals surface area contributed by atoms with Gasteiger partial charge in [0.2, 0.25) is 11.8 Å². The number of benzene rings is 1. The third kappa shape index (κ3) is 5.54. The first kappa shape index (κ1) is 20.3. The summed E-state index contributed by atoms with van der Waals surface area (Å²) in [4.78, 5) is 21.7. The van der Waals surface area contributed by atoms with Crippen LogP contribution in [0.3, 0.4) is 0 Å². The lowest BCUT2D eigenvalue weighted by atomic mass is 10.1. The summed E-state index contributed by atoms with van der Waals surface area (Å²) in [5, 5.41) is 0. The number of piperidine rings is 1. The Morgan fingerprint density at radius 3 is 2.61 bits per heavy atom. The minimum absolute atomic E-state index is 0.0600. The van der Waals surface area contributed by atoms with Gasteiger partial charge in [0.1, 0.15) is 12.4 Å². The summed E-state index contributed by atoms with van der Waals surface area (Å²) in [6, 6.07) is 6.01. The highest BCUT2D eigenvalue weighted by molar-refractivity contribution is 9.10. The number of hydrogen-bond acceptors (Lipinski definition) is 6. The van der Waals surface area contributed by atoms with E-state index >= 15 is 0 Å². The van der Waals surface area contributed by atoms with E-state index in [-0.39, 0.29) is 29.9 Å². The number of rotatable bonds is 5. The van der Waals surface area contributed by atoms with Gasteiger partial charge in [0.05, 0.1) is 12.2 Å². The second-order valence-electron chi connectivity index (χ2n) is 6.61. The van der Waals surface area contributed by atoms with Crippen LogP contribution in [0.1, 0.15) is 26.7 Å². The monoisotopic (exact) mass is 453 g/mol. The first-order valence-electron chi connectivity index (χ1n) is 8.98. The molecule has 3 rings (SSSR count). The third-order valence-corrected chi connectivity index (χ3v) is 4.54. The Hall–Kier alpha value is -2.42. The highest BCUT2D eigenvalue weighted by atomic mass is 79.9. The normalized spacial score (nSPS) is 14.8. The Bertz CT molecular complexity index is 829. The van der Waals surface area contributed by atoms with Gasteiger partial charge in [-0.3, -0.25) is 0 Å². The van der Waals surface area contributed by atoms with Gasteiger partial charge < -0.3 is 19.1 Å². The van der Waals surface area contributed by atoms with Crippen LogP contribution >= 0.6 is 15.9 Å². The molecular weight excluding hydrogens is 433 g/mol. The lowest BCUT2D eigenvalue weighted by Crippen LogP contribution is -2.42. The average Bonchev–Trinajstić information content (AvgIpc) is 2.64. The number of likely N-dealkylation sites (tertiary alicyclic amines) is 1. The number of aromatic nitrogens is 2. The van der Waals surface area contributed by atoms with Crippen molar-refractivity contribution < 1.29 is 23.4 Å². The number of halogens is 2. The number of nitrogens with zero attached hydrogens (tertiary/aromatic N) is 3. The quantitative estimate of drug-likeness (QED) is 0.660. The maximum atomic E-state index is 13.9. The predicted octanol–water partition coefficient (Wildman–Crippen LogP) is 4.56. The Morgan fingerprint density at radius 1 is 1.21 bits per heavy atom. The molecule has 1 saturated heterocycles. The molecule has 28 heavy (non-hydrogen) atoms. The number of amides is 1. The summed E-state index contributed by atoms with van der Waals surface area (Å²) in [7, 11) is 0. The van der Waals surface area contributed by atoms with Crippen molar-refractivity contribution in [3.05, 3.63) is 40.9 Å². The van der Waals surface area contributed by atoms with Gasteiger partial charge >= 0.3 is 6.09 Å². The van der Waals surface area contributed by atoms with Gasteiger partial charge in [0.25, 0.3) is 0 Å². The van der Waals surface area contributed by atoms with E-state index in [1.807, 2.05) is 13.8 Å². The third-order valence-electron chi connectivity index (χ3n) is 4.05. The highest BCUT2D eigenvalue weighted by Crippen LogP contribution is 2.27. The van der Waals surface area contributed by atoms with E-state index in [9.17, 15) is 9.18 Å². The smallest absolute Gasteiger partial charge is 0.410 e. The number of carbonyl (C=O) groups is 1. The molecule has 0 N–H and O–H groups in total. The van der Waals surface area contributed by atoms with E-state index in [0.717, 1.165) is 0 Å². The molecule has 0 saturated carbocycles. The van der Waals surface area contributed by atoms with Crippen molar-refractivity contribution in [3.8, 4) is 17.5 Å². The fourth-order valence-electron chi connectivity index (χ4n) is 2.72. The van der Waals surface area contributed by atoms with Crippen molar-refractivity contribution in [2.24, 2.45) is 0 Å². The zero-order valence-corrected chi connectivity index (χ0v) is 17.2. The zero-order chi connectivity index (χ0) is 20.1. The summed E-state index contributed by atoms with van der Waals surface area (Å²) in [5.41, 5.74) is 0. The molecule has 150 valence electrons. The average molecular weight is 454 g/mol. The molecular formula is C19H21BrFN3O4. The fourth-order valence-corrected chi connectivity index (χ4v) is 3.05. The van der Waals surface area contributed by atoms with Gasteiger partial charge in [-0.1, -0.05) is 15.9 Å². The van der Waals surface area contributed by atoms with Crippen molar-refractivity contribution in [1.29, 1.82) is 0 Å². The van der Waals surface area contributed by atoms with Crippen LogP contribution in [0.5, 0.6) is 17.5 Å². The molecule has 1 aromatic heterocycles. The molecule has 0 spiro atoms. The van der Waals surface area contributed by atoms with Crippen molar-refractivity contribution in [2.45, 2.75) is 38.9 Å². The summed E-state index contributed by atoms with van der Waals surface area (Å²) < 4.78 is 31.1. The van der Waals surface area contributed by atoms with Gasteiger partial charge in [-0.05, 0) is 32.0 Å². The van der Waals surface area contributed by atoms with Crippen LogP contribution in [0.2, 0.25) is 0 Å². The Morgan fingerprint density at radius 2 is 1.93 bits per heavy atom. The number of hydrogen-bond donors (Lipinski definition) is 0. The van der Waals surface area contributed by atoms with E-state index in [1.54, 1.807) is 11.0 Å². The summed E-state index contributed by atoms with van der Waals surface area (Å²) in [6.07, 6.45) is 2.09. The second kappa shape index (κ2) is 9.18. The molecule has 7 nitrogen and oxygen atoms in total. The molecule has 2 aromatic rings. The topological polar surface area (TPSA) is 73.8 Å². The van der Waals surface area contributed by atoms with Crippen LogP contribution in [0.25, 0.3) is 0 Å². The van der Waals surface area contributed by atoms with Crippen LogP contribution in [0, 0.1) is 5.82 Å². The maximum absolute atomic E-state index is 13.9. The van der Waals surface area contributed by atoms with Gasteiger partial charge in [0, 0.05) is 30.4 Å². The Balaban J connectivity index is 1.56. The standard InChI is InChI=1S/C19H21BrFN3O4/c1-12(2)26-19(25)24-7-5-14(6-8-24)27-17-10-18(23-11-22-17)28-16-4-3-13(20)9-15(16)21/h3-4,9-12,14H,5-8H2,1-2H3. The molecule has 2 heterocycles.